The van der Waals surface area contributed by atoms with Crippen LogP contribution >= 0.6 is 0 Å². The lowest BCUT2D eigenvalue weighted by atomic mass is 10.1. The average molecular weight is 467 g/mol. The third-order valence-electron chi connectivity index (χ3n) is 4.91. The van der Waals surface area contributed by atoms with Crippen LogP contribution in [0.5, 0.6) is 0 Å². The minimum atomic E-state index is -4.53. The van der Waals surface area contributed by atoms with Gasteiger partial charge in [-0.15, -0.1) is 0 Å². The number of aromatic carboxylic acids is 1. The van der Waals surface area contributed by atoms with Crippen molar-refractivity contribution in [3.63, 3.8) is 0 Å². The first-order valence-electron chi connectivity index (χ1n) is 9.80. The summed E-state index contributed by atoms with van der Waals surface area (Å²) in [6, 6.07) is 7.93. The van der Waals surface area contributed by atoms with Crippen LogP contribution in [0.2, 0.25) is 0 Å². The van der Waals surface area contributed by atoms with E-state index in [9.17, 15) is 23.1 Å². The van der Waals surface area contributed by atoms with Gasteiger partial charge in [-0.3, -0.25) is 9.99 Å². The van der Waals surface area contributed by atoms with Crippen molar-refractivity contribution in [3.8, 4) is 17.2 Å². The van der Waals surface area contributed by atoms with E-state index in [1.807, 2.05) is 6.07 Å². The molecule has 172 valence electrons. The van der Waals surface area contributed by atoms with Gasteiger partial charge in [0.15, 0.2) is 5.82 Å². The maximum absolute atomic E-state index is 13.3. The minimum absolute atomic E-state index is 0.0544. The maximum atomic E-state index is 13.3. The monoisotopic (exact) mass is 467 g/mol. The Morgan fingerprint density at radius 3 is 2.74 bits per heavy atom. The molecule has 0 saturated heterocycles. The first-order valence-corrected chi connectivity index (χ1v) is 9.80. The molecule has 12 heteroatoms. The van der Waals surface area contributed by atoms with Crippen LogP contribution in [-0.2, 0) is 0 Å². The number of carboxylic acids is 1. The van der Waals surface area contributed by atoms with Gasteiger partial charge in [0.25, 0.3) is 0 Å². The number of carbonyl (C=O) groups is 1. The molecule has 0 spiro atoms. The highest BCUT2D eigenvalue weighted by atomic mass is 19.4. The zero-order valence-corrected chi connectivity index (χ0v) is 17.5. The van der Waals surface area contributed by atoms with Crippen molar-refractivity contribution >= 4 is 23.4 Å². The Balaban J connectivity index is 1.79. The summed E-state index contributed by atoms with van der Waals surface area (Å²) in [5, 5.41) is 22.5. The zero-order valence-electron chi connectivity index (χ0n) is 17.5. The van der Waals surface area contributed by atoms with Crippen molar-refractivity contribution in [1.29, 1.82) is 5.26 Å². The van der Waals surface area contributed by atoms with E-state index in [1.54, 1.807) is 24.3 Å². The number of hydrogen-bond donors (Lipinski definition) is 3. The Labute approximate surface area is 191 Å². The average Bonchev–Trinajstić information content (AvgIpc) is 3.21. The number of nitrogens with zero attached hydrogens (tertiary/aromatic N) is 5. The van der Waals surface area contributed by atoms with Crippen molar-refractivity contribution in [2.24, 2.45) is 0 Å². The Kier molecular flexibility index (Phi) is 5.87. The molecule has 1 aliphatic rings. The number of pyridine rings is 1. The summed E-state index contributed by atoms with van der Waals surface area (Å²) in [7, 11) is 0. The van der Waals surface area contributed by atoms with E-state index in [4.69, 9.17) is 5.26 Å². The lowest BCUT2D eigenvalue weighted by Crippen LogP contribution is -2.45. The summed E-state index contributed by atoms with van der Waals surface area (Å²) in [5.41, 5.74) is 3.97. The number of halogens is 3. The SMILES string of the molecule is CC1=CC(C(F)(F)F)NN1c1nc(Nc2cccc(C#N)c2)ncc1-c1cncc(C(=O)O)c1. The van der Waals surface area contributed by atoms with Crippen molar-refractivity contribution < 1.29 is 23.1 Å². The first-order chi connectivity index (χ1) is 16.2. The molecule has 3 N–H and O–H groups in total. The van der Waals surface area contributed by atoms with E-state index in [1.165, 1.54) is 30.4 Å². The Bertz CT molecular complexity index is 1330. The van der Waals surface area contributed by atoms with E-state index < -0.39 is 18.2 Å². The molecule has 34 heavy (non-hydrogen) atoms. The first kappa shape index (κ1) is 22.7. The summed E-state index contributed by atoms with van der Waals surface area (Å²) < 4.78 is 40.0. The van der Waals surface area contributed by atoms with Crippen LogP contribution in [0.3, 0.4) is 0 Å². The summed E-state index contributed by atoms with van der Waals surface area (Å²) in [6.45, 7) is 1.49. The highest BCUT2D eigenvalue weighted by molar-refractivity contribution is 5.90. The van der Waals surface area contributed by atoms with Crippen LogP contribution < -0.4 is 15.8 Å². The van der Waals surface area contributed by atoms with Gasteiger partial charge in [0.1, 0.15) is 6.04 Å². The third-order valence-corrected chi connectivity index (χ3v) is 4.91. The van der Waals surface area contributed by atoms with Crippen molar-refractivity contribution in [2.45, 2.75) is 19.1 Å². The fraction of sp³-hybridized carbons (Fsp3) is 0.136. The Hall–Kier alpha value is -4.50. The van der Waals surface area contributed by atoms with Crippen molar-refractivity contribution in [2.75, 3.05) is 10.3 Å². The Morgan fingerprint density at radius 2 is 2.06 bits per heavy atom. The molecular formula is C22H16F3N7O2. The molecule has 0 bridgehead atoms. The fourth-order valence-electron chi connectivity index (χ4n) is 3.30. The van der Waals surface area contributed by atoms with Crippen LogP contribution in [0, 0.1) is 11.3 Å². The van der Waals surface area contributed by atoms with Gasteiger partial charge in [0, 0.05) is 41.1 Å². The van der Waals surface area contributed by atoms with Gasteiger partial charge in [-0.05, 0) is 37.3 Å². The predicted molar refractivity (Wildman–Crippen MR) is 116 cm³/mol. The van der Waals surface area contributed by atoms with Gasteiger partial charge in [-0.1, -0.05) is 6.07 Å². The van der Waals surface area contributed by atoms with Gasteiger partial charge in [-0.25, -0.2) is 15.2 Å². The summed E-state index contributed by atoms with van der Waals surface area (Å²) in [4.78, 5) is 23.9. The van der Waals surface area contributed by atoms with Gasteiger partial charge >= 0.3 is 12.1 Å². The maximum Gasteiger partial charge on any atom is 0.409 e. The number of rotatable bonds is 5. The van der Waals surface area contributed by atoms with Crippen LogP contribution in [0.4, 0.5) is 30.6 Å². The smallest absolute Gasteiger partial charge is 0.409 e. The summed E-state index contributed by atoms with van der Waals surface area (Å²) in [5.74, 6) is -1.10. The van der Waals surface area contributed by atoms with E-state index >= 15 is 0 Å². The van der Waals surface area contributed by atoms with E-state index in [2.05, 4.69) is 25.7 Å². The second-order valence-electron chi connectivity index (χ2n) is 7.31. The molecule has 3 aromatic rings. The number of hydrogen-bond acceptors (Lipinski definition) is 8. The number of allylic oxidation sites excluding steroid dienone is 1. The quantitative estimate of drug-likeness (QED) is 0.510. The molecule has 1 unspecified atom stereocenters. The third kappa shape index (κ3) is 4.64. The lowest BCUT2D eigenvalue weighted by molar-refractivity contribution is -0.142. The largest absolute Gasteiger partial charge is 0.478 e. The molecule has 0 aliphatic carbocycles. The van der Waals surface area contributed by atoms with Gasteiger partial charge in [-0.2, -0.15) is 23.4 Å². The second kappa shape index (κ2) is 8.80. The van der Waals surface area contributed by atoms with Gasteiger partial charge in [0.05, 0.1) is 17.2 Å². The Morgan fingerprint density at radius 1 is 1.26 bits per heavy atom. The number of alkyl halides is 3. The van der Waals surface area contributed by atoms with Crippen molar-refractivity contribution in [3.05, 3.63) is 71.8 Å². The molecule has 0 amide bonds. The molecule has 0 radical (unpaired) electrons. The second-order valence-corrected chi connectivity index (χ2v) is 7.31. The molecule has 1 atom stereocenters. The highest BCUT2D eigenvalue weighted by Gasteiger charge is 2.43. The molecule has 0 saturated carbocycles. The minimum Gasteiger partial charge on any atom is -0.478 e. The molecular weight excluding hydrogens is 451 g/mol. The highest BCUT2D eigenvalue weighted by Crippen LogP contribution is 2.35. The number of anilines is 3. The molecule has 3 heterocycles. The summed E-state index contributed by atoms with van der Waals surface area (Å²) in [6.07, 6.45) is 0.364. The number of nitrogens with one attached hydrogen (secondary N) is 2. The fourth-order valence-corrected chi connectivity index (χ4v) is 3.30. The van der Waals surface area contributed by atoms with Crippen LogP contribution in [-0.4, -0.2) is 38.2 Å². The van der Waals surface area contributed by atoms with Crippen LogP contribution in [0.1, 0.15) is 22.8 Å². The topological polar surface area (TPSA) is 127 Å². The zero-order chi connectivity index (χ0) is 24.5. The van der Waals surface area contributed by atoms with E-state index in [0.29, 0.717) is 16.8 Å². The molecule has 1 aromatic carbocycles. The van der Waals surface area contributed by atoms with Crippen LogP contribution in [0.15, 0.2) is 60.7 Å². The normalized spacial score (nSPS) is 15.6. The van der Waals surface area contributed by atoms with Crippen molar-refractivity contribution in [1.82, 2.24) is 20.4 Å². The van der Waals surface area contributed by atoms with E-state index in [-0.39, 0.29) is 28.6 Å². The van der Waals surface area contributed by atoms with Crippen LogP contribution in [0.25, 0.3) is 11.1 Å². The molecule has 2 aromatic heterocycles. The number of nitriles is 1. The lowest BCUT2D eigenvalue weighted by Gasteiger charge is -2.25. The predicted octanol–water partition coefficient (Wildman–Crippen LogP) is 4.01. The number of hydrazine groups is 1. The number of benzene rings is 1. The van der Waals surface area contributed by atoms with E-state index in [0.717, 1.165) is 12.3 Å². The molecule has 1 aliphatic heterocycles. The number of carboxylic acid groups (broad SMARTS) is 1. The van der Waals surface area contributed by atoms with Gasteiger partial charge in [0.2, 0.25) is 5.95 Å². The standard InChI is InChI=1S/C22H16F3N7O2/c1-12-5-18(22(23,24)25)31-32(12)19-17(14-7-15(20(33)34)10-27-9-14)11-28-21(30-19)29-16-4-2-3-13(6-16)8-26/h2-7,9-11,18,31H,1H3,(H,33,34)(H,28,29,30). The summed E-state index contributed by atoms with van der Waals surface area (Å²) >= 11 is 0. The number of aromatic nitrogens is 3. The van der Waals surface area contributed by atoms with Gasteiger partial charge < -0.3 is 10.4 Å². The molecule has 4 rings (SSSR count). The molecule has 9 nitrogen and oxygen atoms in total. The molecule has 0 fully saturated rings.